The zero-order chi connectivity index (χ0) is 11.7. The monoisotopic (exact) mass is 217 g/mol. The van der Waals surface area contributed by atoms with E-state index in [-0.39, 0.29) is 0 Å². The van der Waals surface area contributed by atoms with Crippen molar-refractivity contribution >= 4 is 5.97 Å². The first-order chi connectivity index (χ1) is 7.59. The van der Waals surface area contributed by atoms with Gasteiger partial charge in [-0.1, -0.05) is 0 Å². The fraction of sp³-hybridized carbons (Fsp3) is 0.182. The highest BCUT2D eigenvalue weighted by Gasteiger charge is 2.11. The number of rotatable bonds is 2. The Morgan fingerprint density at radius 1 is 1.25 bits per heavy atom. The number of carbonyl (C=O) groups is 1. The predicted molar refractivity (Wildman–Crippen MR) is 57.8 cm³/mol. The van der Waals surface area contributed by atoms with Crippen LogP contribution in [0.5, 0.6) is 0 Å². The zero-order valence-corrected chi connectivity index (χ0v) is 9.01. The Hall–Kier alpha value is -2.17. The molecule has 82 valence electrons. The maximum Gasteiger partial charge on any atom is 0.336 e. The van der Waals surface area contributed by atoms with Gasteiger partial charge in [0.15, 0.2) is 0 Å². The van der Waals surface area contributed by atoms with E-state index in [2.05, 4.69) is 10.2 Å². The molecule has 0 unspecified atom stereocenters. The van der Waals surface area contributed by atoms with Gasteiger partial charge >= 0.3 is 5.97 Å². The Morgan fingerprint density at radius 3 is 2.44 bits per heavy atom. The van der Waals surface area contributed by atoms with Crippen molar-refractivity contribution in [2.75, 3.05) is 0 Å². The molecule has 0 amide bonds. The van der Waals surface area contributed by atoms with Crippen LogP contribution in [0.1, 0.15) is 21.5 Å². The van der Waals surface area contributed by atoms with Crippen molar-refractivity contribution in [3.8, 4) is 5.69 Å². The first-order valence-corrected chi connectivity index (χ1v) is 4.79. The maximum atomic E-state index is 11.1. The molecule has 2 rings (SSSR count). The van der Waals surface area contributed by atoms with Crippen LogP contribution in [0.15, 0.2) is 24.8 Å². The Labute approximate surface area is 92.4 Å². The molecule has 5 nitrogen and oxygen atoms in total. The lowest BCUT2D eigenvalue weighted by Gasteiger charge is -2.09. The largest absolute Gasteiger partial charge is 0.478 e. The summed E-state index contributed by atoms with van der Waals surface area (Å²) in [6.45, 7) is 3.68. The molecule has 2 aromatic rings. The van der Waals surface area contributed by atoms with E-state index in [9.17, 15) is 4.79 Å². The van der Waals surface area contributed by atoms with Gasteiger partial charge in [0.1, 0.15) is 12.7 Å². The van der Waals surface area contributed by atoms with Crippen molar-refractivity contribution in [2.45, 2.75) is 13.8 Å². The first kappa shape index (κ1) is 10.4. The third-order valence-electron chi connectivity index (χ3n) is 2.60. The Morgan fingerprint density at radius 2 is 1.88 bits per heavy atom. The van der Waals surface area contributed by atoms with Gasteiger partial charge in [0.25, 0.3) is 0 Å². The minimum Gasteiger partial charge on any atom is -0.478 e. The Kier molecular flexibility index (Phi) is 2.44. The first-order valence-electron chi connectivity index (χ1n) is 4.79. The van der Waals surface area contributed by atoms with Crippen molar-refractivity contribution in [3.05, 3.63) is 41.5 Å². The molecule has 0 radical (unpaired) electrons. The molecule has 1 aromatic heterocycles. The van der Waals surface area contributed by atoms with Gasteiger partial charge < -0.3 is 5.11 Å². The number of carboxylic acid groups (broad SMARTS) is 1. The molecule has 1 heterocycles. The van der Waals surface area contributed by atoms with Gasteiger partial charge in [-0.3, -0.25) is 4.57 Å². The van der Waals surface area contributed by atoms with E-state index in [0.717, 1.165) is 16.8 Å². The van der Waals surface area contributed by atoms with Gasteiger partial charge in [-0.05, 0) is 37.1 Å². The molecule has 5 heteroatoms. The molecule has 0 aliphatic rings. The van der Waals surface area contributed by atoms with E-state index in [1.54, 1.807) is 17.6 Å². The number of carboxylic acids is 1. The minimum absolute atomic E-state index is 0.309. The van der Waals surface area contributed by atoms with E-state index in [0.29, 0.717) is 5.56 Å². The summed E-state index contributed by atoms with van der Waals surface area (Å²) in [6, 6.07) is 3.53. The van der Waals surface area contributed by atoms with Gasteiger partial charge in [0.2, 0.25) is 0 Å². The summed E-state index contributed by atoms with van der Waals surface area (Å²) in [5.74, 6) is -0.921. The van der Waals surface area contributed by atoms with Crippen LogP contribution in [0.4, 0.5) is 0 Å². The lowest BCUT2D eigenvalue weighted by Crippen LogP contribution is -2.04. The molecule has 0 spiro atoms. The van der Waals surface area contributed by atoms with Crippen LogP contribution in [0, 0.1) is 13.8 Å². The Balaban J connectivity index is 2.62. The highest BCUT2D eigenvalue weighted by Crippen LogP contribution is 2.18. The summed E-state index contributed by atoms with van der Waals surface area (Å²) in [4.78, 5) is 11.1. The fourth-order valence-electron chi connectivity index (χ4n) is 1.55. The van der Waals surface area contributed by atoms with Crippen molar-refractivity contribution < 1.29 is 9.90 Å². The summed E-state index contributed by atoms with van der Waals surface area (Å²) in [6.07, 6.45) is 3.07. The lowest BCUT2D eigenvalue weighted by atomic mass is 10.0. The second-order valence-corrected chi connectivity index (χ2v) is 3.61. The topological polar surface area (TPSA) is 68.0 Å². The van der Waals surface area contributed by atoms with Crippen LogP contribution >= 0.6 is 0 Å². The summed E-state index contributed by atoms with van der Waals surface area (Å²) < 4.78 is 1.68. The average molecular weight is 217 g/mol. The van der Waals surface area contributed by atoms with Gasteiger partial charge in [-0.15, -0.1) is 10.2 Å². The molecule has 0 aliphatic carbocycles. The molecular weight excluding hydrogens is 206 g/mol. The molecule has 0 saturated carbocycles. The van der Waals surface area contributed by atoms with Crippen LogP contribution < -0.4 is 0 Å². The normalized spacial score (nSPS) is 10.4. The van der Waals surface area contributed by atoms with Crippen LogP contribution in [0.3, 0.4) is 0 Å². The van der Waals surface area contributed by atoms with Crippen molar-refractivity contribution in [1.29, 1.82) is 0 Å². The Bertz CT molecular complexity index is 532. The molecule has 0 bridgehead atoms. The summed E-state index contributed by atoms with van der Waals surface area (Å²) in [5, 5.41) is 16.5. The fourth-order valence-corrected chi connectivity index (χ4v) is 1.55. The maximum absolute atomic E-state index is 11.1. The molecule has 1 N–H and O–H groups in total. The summed E-state index contributed by atoms with van der Waals surface area (Å²) in [5.41, 5.74) is 2.78. The number of aryl methyl sites for hydroxylation is 1. The van der Waals surface area contributed by atoms with Crippen LogP contribution in [0.25, 0.3) is 5.69 Å². The van der Waals surface area contributed by atoms with Gasteiger partial charge in [-0.2, -0.15) is 0 Å². The van der Waals surface area contributed by atoms with E-state index >= 15 is 0 Å². The SMILES string of the molecule is Cc1cc(-n2cnnc2)cc(C(=O)O)c1C. The van der Waals surface area contributed by atoms with Crippen molar-refractivity contribution in [1.82, 2.24) is 14.8 Å². The quantitative estimate of drug-likeness (QED) is 0.829. The number of aromatic nitrogens is 3. The highest BCUT2D eigenvalue weighted by atomic mass is 16.4. The smallest absolute Gasteiger partial charge is 0.336 e. The average Bonchev–Trinajstić information content (AvgIpc) is 2.74. The van der Waals surface area contributed by atoms with Crippen LogP contribution in [-0.2, 0) is 0 Å². The molecular formula is C11H11N3O2. The van der Waals surface area contributed by atoms with Crippen LogP contribution in [0.2, 0.25) is 0 Å². The molecule has 0 fully saturated rings. The number of nitrogens with zero attached hydrogens (tertiary/aromatic N) is 3. The van der Waals surface area contributed by atoms with Gasteiger partial charge in [-0.25, -0.2) is 4.79 Å². The zero-order valence-electron chi connectivity index (χ0n) is 9.01. The third-order valence-corrected chi connectivity index (χ3v) is 2.60. The lowest BCUT2D eigenvalue weighted by molar-refractivity contribution is 0.0696. The number of hydrogen-bond donors (Lipinski definition) is 1. The second kappa shape index (κ2) is 3.77. The molecule has 0 saturated heterocycles. The number of hydrogen-bond acceptors (Lipinski definition) is 3. The van der Waals surface area contributed by atoms with E-state index < -0.39 is 5.97 Å². The number of benzene rings is 1. The van der Waals surface area contributed by atoms with Crippen molar-refractivity contribution in [2.24, 2.45) is 0 Å². The minimum atomic E-state index is -0.921. The van der Waals surface area contributed by atoms with Gasteiger partial charge in [0.05, 0.1) is 5.56 Å². The standard InChI is InChI=1S/C11H11N3O2/c1-7-3-9(14-5-12-13-6-14)4-10(8(7)2)11(15)16/h3-6H,1-2H3,(H,15,16). The van der Waals surface area contributed by atoms with Gasteiger partial charge in [0, 0.05) is 5.69 Å². The molecule has 0 atom stereocenters. The summed E-state index contributed by atoms with van der Waals surface area (Å²) >= 11 is 0. The highest BCUT2D eigenvalue weighted by molar-refractivity contribution is 5.90. The predicted octanol–water partition coefficient (Wildman–Crippen LogP) is 1.58. The van der Waals surface area contributed by atoms with E-state index in [1.807, 2.05) is 13.0 Å². The molecule has 1 aromatic carbocycles. The van der Waals surface area contributed by atoms with Crippen molar-refractivity contribution in [3.63, 3.8) is 0 Å². The molecule has 16 heavy (non-hydrogen) atoms. The van der Waals surface area contributed by atoms with E-state index in [1.165, 1.54) is 12.7 Å². The third kappa shape index (κ3) is 1.67. The molecule has 0 aliphatic heterocycles. The van der Waals surface area contributed by atoms with E-state index in [4.69, 9.17) is 5.11 Å². The summed E-state index contributed by atoms with van der Waals surface area (Å²) in [7, 11) is 0. The van der Waals surface area contributed by atoms with Crippen LogP contribution in [-0.4, -0.2) is 25.8 Å². The second-order valence-electron chi connectivity index (χ2n) is 3.61. The number of aromatic carboxylic acids is 1.